The number of anilines is 1. The van der Waals surface area contributed by atoms with Gasteiger partial charge in [0.1, 0.15) is 12.4 Å². The molecule has 2 N–H and O–H groups in total. The molecule has 0 aromatic carbocycles. The van der Waals surface area contributed by atoms with Gasteiger partial charge in [-0.2, -0.15) is 5.10 Å². The first-order chi connectivity index (χ1) is 12.7. The van der Waals surface area contributed by atoms with E-state index in [1.807, 2.05) is 22.3 Å². The molecule has 0 bridgehead atoms. The van der Waals surface area contributed by atoms with E-state index in [9.17, 15) is 4.79 Å². The molecule has 0 radical (unpaired) electrons. The Balaban J connectivity index is 1.64. The topological polar surface area (TPSA) is 70.4 Å². The summed E-state index contributed by atoms with van der Waals surface area (Å²) < 4.78 is 2.02. The zero-order valence-electron chi connectivity index (χ0n) is 14.7. The first kappa shape index (κ1) is 17.3. The highest BCUT2D eigenvalue weighted by atomic mass is 32.1. The number of carbonyl (C=O) groups excluding carboxylic acids is 1. The normalized spacial score (nSPS) is 21.0. The van der Waals surface area contributed by atoms with E-state index in [0.717, 1.165) is 47.8 Å². The fourth-order valence-electron chi connectivity index (χ4n) is 3.75. The number of likely N-dealkylation sites (tertiary alicyclic amines) is 1. The van der Waals surface area contributed by atoms with Gasteiger partial charge in [0.15, 0.2) is 0 Å². The molecule has 2 aliphatic heterocycles. The molecule has 2 aromatic rings. The van der Waals surface area contributed by atoms with Crippen LogP contribution < -0.4 is 5.32 Å². The quantitative estimate of drug-likeness (QED) is 0.794. The average Bonchev–Trinajstić information content (AvgIpc) is 3.27. The van der Waals surface area contributed by atoms with Crippen LogP contribution in [0.2, 0.25) is 0 Å². The summed E-state index contributed by atoms with van der Waals surface area (Å²) >= 11 is 1.61. The SMILES string of the molecule is CN1CCC(n2ncc3c2NC(=O)C[C@@H]3c2cc(C#CCO)cs2)CC1. The second-order valence-corrected chi connectivity index (χ2v) is 7.87. The van der Waals surface area contributed by atoms with E-state index in [2.05, 4.69) is 34.2 Å². The van der Waals surface area contributed by atoms with Gasteiger partial charge in [-0.15, -0.1) is 11.3 Å². The monoisotopic (exact) mass is 370 g/mol. The van der Waals surface area contributed by atoms with E-state index < -0.39 is 0 Å². The molecule has 1 saturated heterocycles. The van der Waals surface area contributed by atoms with Crippen molar-refractivity contribution in [3.63, 3.8) is 0 Å². The van der Waals surface area contributed by atoms with Crippen molar-refractivity contribution in [1.82, 2.24) is 14.7 Å². The predicted octanol–water partition coefficient (Wildman–Crippen LogP) is 2.03. The minimum atomic E-state index is -0.148. The van der Waals surface area contributed by atoms with Gasteiger partial charge in [-0.1, -0.05) is 11.8 Å². The molecule has 0 saturated carbocycles. The molecule has 26 heavy (non-hydrogen) atoms. The Morgan fingerprint density at radius 1 is 1.42 bits per heavy atom. The molecule has 2 aliphatic rings. The zero-order valence-corrected chi connectivity index (χ0v) is 15.6. The lowest BCUT2D eigenvalue weighted by Gasteiger charge is -2.31. The second-order valence-electron chi connectivity index (χ2n) is 6.93. The van der Waals surface area contributed by atoms with Crippen LogP contribution in [-0.2, 0) is 4.79 Å². The molecule has 1 atom stereocenters. The summed E-state index contributed by atoms with van der Waals surface area (Å²) in [6.45, 7) is 1.95. The van der Waals surface area contributed by atoms with Crippen molar-refractivity contribution < 1.29 is 9.90 Å². The lowest BCUT2D eigenvalue weighted by atomic mass is 9.92. The lowest BCUT2D eigenvalue weighted by Crippen LogP contribution is -2.33. The van der Waals surface area contributed by atoms with Gasteiger partial charge in [0.05, 0.1) is 12.2 Å². The summed E-state index contributed by atoms with van der Waals surface area (Å²) in [7, 11) is 2.14. The first-order valence-electron chi connectivity index (χ1n) is 8.89. The molecule has 4 heterocycles. The number of hydrogen-bond acceptors (Lipinski definition) is 5. The van der Waals surface area contributed by atoms with Gasteiger partial charge >= 0.3 is 0 Å². The third kappa shape index (κ3) is 3.28. The maximum Gasteiger partial charge on any atom is 0.226 e. The third-order valence-electron chi connectivity index (χ3n) is 5.16. The minimum Gasteiger partial charge on any atom is -0.384 e. The predicted molar refractivity (Wildman–Crippen MR) is 101 cm³/mol. The number of thiophene rings is 1. The van der Waals surface area contributed by atoms with Gasteiger partial charge in [0, 0.05) is 33.7 Å². The zero-order chi connectivity index (χ0) is 18.1. The number of amides is 1. The molecular formula is C19H22N4O2S. The van der Waals surface area contributed by atoms with Crippen LogP contribution in [0, 0.1) is 11.8 Å². The Kier molecular flexibility index (Phi) is 4.81. The molecule has 0 aliphatic carbocycles. The molecule has 136 valence electrons. The molecule has 6 nitrogen and oxygen atoms in total. The maximum absolute atomic E-state index is 12.4. The summed E-state index contributed by atoms with van der Waals surface area (Å²) in [5.74, 6) is 6.52. The van der Waals surface area contributed by atoms with Crippen LogP contribution in [0.3, 0.4) is 0 Å². The second kappa shape index (κ2) is 7.23. The number of fused-ring (bicyclic) bond motifs is 1. The average molecular weight is 370 g/mol. The van der Waals surface area contributed by atoms with Crippen molar-refractivity contribution in [3.8, 4) is 11.8 Å². The summed E-state index contributed by atoms with van der Waals surface area (Å²) in [4.78, 5) is 15.8. The van der Waals surface area contributed by atoms with Crippen LogP contribution in [0.4, 0.5) is 5.82 Å². The van der Waals surface area contributed by atoms with Crippen LogP contribution in [0.25, 0.3) is 0 Å². The number of nitrogens with one attached hydrogen (secondary N) is 1. The maximum atomic E-state index is 12.4. The third-order valence-corrected chi connectivity index (χ3v) is 6.20. The number of carbonyl (C=O) groups is 1. The minimum absolute atomic E-state index is 0.0217. The van der Waals surface area contributed by atoms with E-state index in [1.165, 1.54) is 0 Å². The molecule has 7 heteroatoms. The molecule has 0 unspecified atom stereocenters. The standard InChI is InChI=1S/C19H22N4O2S/c1-22-6-4-14(5-7-22)23-19-16(11-20-23)15(10-18(25)21-19)17-9-13(12-26-17)3-2-8-24/h9,11-12,14-15,24H,4-8,10H2,1H3,(H,21,25)/t15-/m0/s1. The van der Waals surface area contributed by atoms with Crippen LogP contribution in [-0.4, -0.2) is 52.4 Å². The van der Waals surface area contributed by atoms with Crippen LogP contribution in [0.1, 0.15) is 47.2 Å². The number of piperidine rings is 1. The van der Waals surface area contributed by atoms with Crippen LogP contribution in [0.15, 0.2) is 17.6 Å². The largest absolute Gasteiger partial charge is 0.384 e. The van der Waals surface area contributed by atoms with Gasteiger partial charge in [-0.05, 0) is 39.0 Å². The van der Waals surface area contributed by atoms with Crippen molar-refractivity contribution in [2.75, 3.05) is 32.1 Å². The summed E-state index contributed by atoms with van der Waals surface area (Å²) in [6.07, 6.45) is 4.44. The molecule has 1 amide bonds. The van der Waals surface area contributed by atoms with Crippen molar-refractivity contribution in [2.45, 2.75) is 31.2 Å². The number of aromatic nitrogens is 2. The molecular weight excluding hydrogens is 348 g/mol. The van der Waals surface area contributed by atoms with Gasteiger partial charge in [0.25, 0.3) is 0 Å². The van der Waals surface area contributed by atoms with Crippen LogP contribution >= 0.6 is 11.3 Å². The van der Waals surface area contributed by atoms with Crippen molar-refractivity contribution in [2.24, 2.45) is 0 Å². The van der Waals surface area contributed by atoms with Gasteiger partial charge in [-0.3, -0.25) is 4.79 Å². The fourth-order valence-corrected chi connectivity index (χ4v) is 4.71. The molecule has 1 fully saturated rings. The van der Waals surface area contributed by atoms with E-state index in [0.29, 0.717) is 12.5 Å². The van der Waals surface area contributed by atoms with E-state index in [4.69, 9.17) is 5.11 Å². The Morgan fingerprint density at radius 2 is 2.23 bits per heavy atom. The Labute approximate surface area is 156 Å². The summed E-state index contributed by atoms with van der Waals surface area (Å²) in [6, 6.07) is 2.36. The van der Waals surface area contributed by atoms with Crippen molar-refractivity contribution >= 4 is 23.1 Å². The van der Waals surface area contributed by atoms with Gasteiger partial charge < -0.3 is 15.3 Å². The smallest absolute Gasteiger partial charge is 0.226 e. The number of aliphatic hydroxyl groups is 1. The summed E-state index contributed by atoms with van der Waals surface area (Å²) in [5, 5.41) is 18.5. The van der Waals surface area contributed by atoms with E-state index >= 15 is 0 Å². The van der Waals surface area contributed by atoms with E-state index in [-0.39, 0.29) is 18.4 Å². The number of nitrogens with zero attached hydrogens (tertiary/aromatic N) is 3. The number of hydrogen-bond donors (Lipinski definition) is 2. The van der Waals surface area contributed by atoms with E-state index in [1.54, 1.807) is 11.3 Å². The molecule has 2 aromatic heterocycles. The number of rotatable bonds is 2. The highest BCUT2D eigenvalue weighted by Crippen LogP contribution is 2.41. The highest BCUT2D eigenvalue weighted by molar-refractivity contribution is 7.10. The first-order valence-corrected chi connectivity index (χ1v) is 9.77. The Bertz CT molecular complexity index is 868. The highest BCUT2D eigenvalue weighted by Gasteiger charge is 2.33. The van der Waals surface area contributed by atoms with Crippen LogP contribution in [0.5, 0.6) is 0 Å². The fraction of sp³-hybridized carbons (Fsp3) is 0.474. The number of aliphatic hydroxyl groups excluding tert-OH is 1. The van der Waals surface area contributed by atoms with Crippen molar-refractivity contribution in [3.05, 3.63) is 33.6 Å². The Hall–Kier alpha value is -2.14. The lowest BCUT2D eigenvalue weighted by molar-refractivity contribution is -0.116. The summed E-state index contributed by atoms with van der Waals surface area (Å²) in [5.41, 5.74) is 1.97. The van der Waals surface area contributed by atoms with Gasteiger partial charge in [0.2, 0.25) is 5.91 Å². The van der Waals surface area contributed by atoms with Crippen molar-refractivity contribution in [1.29, 1.82) is 0 Å². The van der Waals surface area contributed by atoms with Gasteiger partial charge in [-0.25, -0.2) is 4.68 Å². The molecule has 0 spiro atoms. The Morgan fingerprint density at radius 3 is 3.00 bits per heavy atom. The molecule has 4 rings (SSSR count).